The largest absolute Gasteiger partial charge is 0.463 e. The quantitative estimate of drug-likeness (QED) is 0.899. The van der Waals surface area contributed by atoms with E-state index in [0.717, 1.165) is 0 Å². The van der Waals surface area contributed by atoms with Crippen LogP contribution in [0.25, 0.3) is 11.0 Å². The third-order valence-corrected chi connectivity index (χ3v) is 2.67. The summed E-state index contributed by atoms with van der Waals surface area (Å²) >= 11 is 3.29. The molecule has 0 aliphatic carbocycles. The first-order valence-corrected chi connectivity index (χ1v) is 4.98. The second-order valence-electron chi connectivity index (χ2n) is 2.97. The molecule has 1 N–H and O–H groups in total. The SMILES string of the molecule is OCCc1cc(Br)c2occc2c1F. The van der Waals surface area contributed by atoms with Gasteiger partial charge in [-0.1, -0.05) is 0 Å². The number of hydrogen-bond donors (Lipinski definition) is 1. The van der Waals surface area contributed by atoms with E-state index in [1.807, 2.05) is 0 Å². The van der Waals surface area contributed by atoms with Gasteiger partial charge >= 0.3 is 0 Å². The number of benzene rings is 1. The van der Waals surface area contributed by atoms with Crippen LogP contribution in [0.3, 0.4) is 0 Å². The van der Waals surface area contributed by atoms with Crippen molar-refractivity contribution in [3.05, 3.63) is 34.2 Å². The van der Waals surface area contributed by atoms with Crippen molar-refractivity contribution in [2.45, 2.75) is 6.42 Å². The summed E-state index contributed by atoms with van der Waals surface area (Å²) in [6.45, 7) is -0.0628. The van der Waals surface area contributed by atoms with E-state index in [4.69, 9.17) is 9.52 Å². The second-order valence-corrected chi connectivity index (χ2v) is 3.82. The zero-order chi connectivity index (χ0) is 10.1. The normalized spacial score (nSPS) is 11.1. The number of aliphatic hydroxyl groups is 1. The molecular weight excluding hydrogens is 251 g/mol. The molecule has 1 aromatic heterocycles. The predicted octanol–water partition coefficient (Wildman–Crippen LogP) is 2.87. The van der Waals surface area contributed by atoms with E-state index < -0.39 is 0 Å². The average molecular weight is 259 g/mol. The van der Waals surface area contributed by atoms with E-state index in [1.54, 1.807) is 12.1 Å². The molecule has 2 aromatic rings. The highest BCUT2D eigenvalue weighted by Crippen LogP contribution is 2.29. The van der Waals surface area contributed by atoms with Gasteiger partial charge in [0.25, 0.3) is 0 Å². The van der Waals surface area contributed by atoms with E-state index in [2.05, 4.69) is 15.9 Å². The van der Waals surface area contributed by atoms with Crippen molar-refractivity contribution in [3.63, 3.8) is 0 Å². The molecule has 2 rings (SSSR count). The van der Waals surface area contributed by atoms with Crippen molar-refractivity contribution in [1.82, 2.24) is 0 Å². The van der Waals surface area contributed by atoms with Crippen LogP contribution in [0.2, 0.25) is 0 Å². The van der Waals surface area contributed by atoms with Gasteiger partial charge in [0, 0.05) is 6.61 Å². The number of fused-ring (bicyclic) bond motifs is 1. The molecule has 0 radical (unpaired) electrons. The van der Waals surface area contributed by atoms with Crippen molar-refractivity contribution in [2.75, 3.05) is 6.61 Å². The summed E-state index contributed by atoms with van der Waals surface area (Å²) in [6.07, 6.45) is 1.76. The Labute approximate surface area is 88.5 Å². The fraction of sp³-hybridized carbons (Fsp3) is 0.200. The summed E-state index contributed by atoms with van der Waals surface area (Å²) < 4.78 is 19.5. The average Bonchev–Trinajstić information content (AvgIpc) is 2.63. The van der Waals surface area contributed by atoms with Crippen LogP contribution in [0, 0.1) is 5.82 Å². The number of halogens is 2. The number of aliphatic hydroxyl groups excluding tert-OH is 1. The Kier molecular flexibility index (Phi) is 2.56. The van der Waals surface area contributed by atoms with Crippen molar-refractivity contribution in [3.8, 4) is 0 Å². The smallest absolute Gasteiger partial charge is 0.150 e. The first-order chi connectivity index (χ1) is 6.74. The van der Waals surface area contributed by atoms with E-state index in [-0.39, 0.29) is 12.4 Å². The highest BCUT2D eigenvalue weighted by Gasteiger charge is 2.12. The van der Waals surface area contributed by atoms with Gasteiger partial charge in [0.1, 0.15) is 5.82 Å². The van der Waals surface area contributed by atoms with Crippen LogP contribution in [0.4, 0.5) is 4.39 Å². The van der Waals surface area contributed by atoms with E-state index in [1.165, 1.54) is 6.26 Å². The van der Waals surface area contributed by atoms with Gasteiger partial charge in [-0.3, -0.25) is 0 Å². The van der Waals surface area contributed by atoms with Gasteiger partial charge in [-0.25, -0.2) is 4.39 Å². The molecule has 0 aliphatic heterocycles. The van der Waals surface area contributed by atoms with Crippen LogP contribution >= 0.6 is 15.9 Å². The summed E-state index contributed by atoms with van der Waals surface area (Å²) in [5.41, 5.74) is 0.998. The number of rotatable bonds is 2. The maximum absolute atomic E-state index is 13.7. The molecule has 14 heavy (non-hydrogen) atoms. The first-order valence-electron chi connectivity index (χ1n) is 4.19. The lowest BCUT2D eigenvalue weighted by Gasteiger charge is -2.03. The van der Waals surface area contributed by atoms with E-state index in [9.17, 15) is 4.39 Å². The van der Waals surface area contributed by atoms with Crippen molar-refractivity contribution < 1.29 is 13.9 Å². The minimum absolute atomic E-state index is 0.0628. The minimum atomic E-state index is -0.314. The highest BCUT2D eigenvalue weighted by atomic mass is 79.9. The van der Waals surface area contributed by atoms with Crippen LogP contribution in [0.15, 0.2) is 27.3 Å². The van der Waals surface area contributed by atoms with Crippen LogP contribution in [0.5, 0.6) is 0 Å². The molecule has 0 atom stereocenters. The van der Waals surface area contributed by atoms with Gasteiger partial charge in [0.2, 0.25) is 0 Å². The topological polar surface area (TPSA) is 33.4 Å². The van der Waals surface area contributed by atoms with Crippen LogP contribution < -0.4 is 0 Å². The number of furan rings is 1. The lowest BCUT2D eigenvalue weighted by atomic mass is 10.1. The van der Waals surface area contributed by atoms with Crippen LogP contribution in [-0.4, -0.2) is 11.7 Å². The third kappa shape index (κ3) is 1.44. The maximum atomic E-state index is 13.7. The molecule has 0 fully saturated rings. The highest BCUT2D eigenvalue weighted by molar-refractivity contribution is 9.10. The number of hydrogen-bond acceptors (Lipinski definition) is 2. The minimum Gasteiger partial charge on any atom is -0.463 e. The Hall–Kier alpha value is -0.870. The monoisotopic (exact) mass is 258 g/mol. The molecule has 0 spiro atoms. The Balaban J connectivity index is 2.68. The fourth-order valence-corrected chi connectivity index (χ4v) is 2.01. The predicted molar refractivity (Wildman–Crippen MR) is 54.7 cm³/mol. The van der Waals surface area contributed by atoms with Crippen molar-refractivity contribution in [1.29, 1.82) is 0 Å². The van der Waals surface area contributed by atoms with Gasteiger partial charge in [-0.05, 0) is 40.0 Å². The molecule has 4 heteroatoms. The molecule has 1 aromatic carbocycles. The van der Waals surface area contributed by atoms with Crippen molar-refractivity contribution in [2.24, 2.45) is 0 Å². The molecule has 74 valence electrons. The Morgan fingerprint density at radius 2 is 2.29 bits per heavy atom. The molecule has 0 bridgehead atoms. The standard InChI is InChI=1S/C10H8BrFO2/c11-8-5-6(1-3-13)9(12)7-2-4-14-10(7)8/h2,4-5,13H,1,3H2. The lowest BCUT2D eigenvalue weighted by molar-refractivity contribution is 0.298. The van der Waals surface area contributed by atoms with Gasteiger partial charge in [0.15, 0.2) is 5.58 Å². The van der Waals surface area contributed by atoms with Crippen molar-refractivity contribution >= 4 is 26.9 Å². The molecule has 0 saturated heterocycles. The summed E-state index contributed by atoms with van der Waals surface area (Å²) in [7, 11) is 0. The van der Waals surface area contributed by atoms with Gasteiger partial charge in [-0.2, -0.15) is 0 Å². The molecule has 0 aliphatic rings. The maximum Gasteiger partial charge on any atom is 0.150 e. The Bertz CT molecular complexity index is 464. The summed E-state index contributed by atoms with van der Waals surface area (Å²) in [5.74, 6) is -0.314. The molecule has 0 saturated carbocycles. The Morgan fingerprint density at radius 3 is 3.00 bits per heavy atom. The zero-order valence-corrected chi connectivity index (χ0v) is 8.84. The van der Waals surface area contributed by atoms with Crippen LogP contribution in [0.1, 0.15) is 5.56 Å². The summed E-state index contributed by atoms with van der Waals surface area (Å²) in [4.78, 5) is 0. The second kappa shape index (κ2) is 3.71. The van der Waals surface area contributed by atoms with Gasteiger partial charge in [-0.15, -0.1) is 0 Å². The summed E-state index contributed by atoms with van der Waals surface area (Å²) in [5, 5.41) is 9.20. The fourth-order valence-electron chi connectivity index (χ4n) is 1.42. The molecule has 2 nitrogen and oxygen atoms in total. The zero-order valence-electron chi connectivity index (χ0n) is 7.26. The molecule has 0 amide bonds. The van der Waals surface area contributed by atoms with Crippen LogP contribution in [-0.2, 0) is 6.42 Å². The molecular formula is C10H8BrFO2. The van der Waals surface area contributed by atoms with Gasteiger partial charge < -0.3 is 9.52 Å². The third-order valence-electron chi connectivity index (χ3n) is 2.08. The lowest BCUT2D eigenvalue weighted by Crippen LogP contribution is -1.95. The van der Waals surface area contributed by atoms with E-state index in [0.29, 0.717) is 27.4 Å². The first kappa shape index (κ1) is 9.68. The Morgan fingerprint density at radius 1 is 1.50 bits per heavy atom. The molecule has 0 unspecified atom stereocenters. The van der Waals surface area contributed by atoms with Gasteiger partial charge in [0.05, 0.1) is 16.1 Å². The molecule has 1 heterocycles. The summed E-state index contributed by atoms with van der Waals surface area (Å²) in [6, 6.07) is 3.22. The van der Waals surface area contributed by atoms with E-state index >= 15 is 0 Å².